The van der Waals surface area contributed by atoms with Gasteiger partial charge < -0.3 is 26.0 Å². The maximum absolute atomic E-state index is 14.0. The number of amides is 3. The average molecular weight is 601 g/mol. The second kappa shape index (κ2) is 16.2. The van der Waals surface area contributed by atoms with Crippen LogP contribution in [0, 0.1) is 0 Å². The van der Waals surface area contributed by atoms with Gasteiger partial charge in [-0.05, 0) is 68.0 Å². The van der Waals surface area contributed by atoms with Crippen LogP contribution in [0.5, 0.6) is 0 Å². The van der Waals surface area contributed by atoms with Gasteiger partial charge in [0, 0.05) is 39.1 Å². The van der Waals surface area contributed by atoms with Crippen LogP contribution in [-0.2, 0) is 32.0 Å². The van der Waals surface area contributed by atoms with Crippen molar-refractivity contribution in [3.05, 3.63) is 96.1 Å². The molecule has 3 aromatic rings. The SMILES string of the molecule is CC1CCCO1.CN(C(=O)/C=C/CC(C)(C)N)[C@H](Cc1cccc2ccccc12)C(=O)N(C)[C@H](Cc1ccccc1)C(N)=O. The van der Waals surface area contributed by atoms with Crippen molar-refractivity contribution >= 4 is 28.5 Å². The monoisotopic (exact) mass is 600 g/mol. The van der Waals surface area contributed by atoms with Crippen LogP contribution in [0.25, 0.3) is 10.8 Å². The largest absolute Gasteiger partial charge is 0.379 e. The fourth-order valence-electron chi connectivity index (χ4n) is 5.20. The van der Waals surface area contributed by atoms with Gasteiger partial charge in [0.15, 0.2) is 0 Å². The van der Waals surface area contributed by atoms with E-state index in [1.165, 1.54) is 28.7 Å². The van der Waals surface area contributed by atoms with Crippen LogP contribution in [0.2, 0.25) is 0 Å². The Morgan fingerprint density at radius 3 is 2.18 bits per heavy atom. The summed E-state index contributed by atoms with van der Waals surface area (Å²) in [7, 11) is 3.18. The molecule has 0 radical (unpaired) electrons. The lowest BCUT2D eigenvalue weighted by molar-refractivity contribution is -0.145. The first-order valence-corrected chi connectivity index (χ1v) is 15.3. The van der Waals surface area contributed by atoms with Crippen LogP contribution in [0.15, 0.2) is 84.9 Å². The first-order valence-electron chi connectivity index (χ1n) is 15.3. The van der Waals surface area contributed by atoms with Crippen LogP contribution in [0.4, 0.5) is 0 Å². The highest BCUT2D eigenvalue weighted by molar-refractivity contribution is 5.95. The number of hydrogen-bond acceptors (Lipinski definition) is 5. The van der Waals surface area contributed by atoms with Crippen LogP contribution in [0.3, 0.4) is 0 Å². The third-order valence-corrected chi connectivity index (χ3v) is 7.87. The zero-order valence-corrected chi connectivity index (χ0v) is 26.7. The molecule has 8 nitrogen and oxygen atoms in total. The van der Waals surface area contributed by atoms with E-state index in [9.17, 15) is 14.4 Å². The average Bonchev–Trinajstić information content (AvgIpc) is 3.48. The zero-order chi connectivity index (χ0) is 32.3. The zero-order valence-electron chi connectivity index (χ0n) is 26.7. The summed E-state index contributed by atoms with van der Waals surface area (Å²) in [4.78, 5) is 42.4. The highest BCUT2D eigenvalue weighted by Gasteiger charge is 2.34. The first-order chi connectivity index (χ1) is 20.9. The molecule has 4 rings (SSSR count). The summed E-state index contributed by atoms with van der Waals surface area (Å²) in [6.45, 7) is 6.86. The third-order valence-electron chi connectivity index (χ3n) is 7.87. The van der Waals surface area contributed by atoms with E-state index in [-0.39, 0.29) is 24.7 Å². The first kappa shape index (κ1) is 34.5. The van der Waals surface area contributed by atoms with Gasteiger partial charge in [-0.25, -0.2) is 0 Å². The Bertz CT molecular complexity index is 1410. The number of rotatable bonds is 11. The Balaban J connectivity index is 0.000000785. The van der Waals surface area contributed by atoms with E-state index in [4.69, 9.17) is 16.2 Å². The predicted octanol–water partition coefficient (Wildman–Crippen LogP) is 4.63. The normalized spacial score (nSPS) is 16.2. The molecule has 0 aliphatic carbocycles. The molecule has 0 bridgehead atoms. The summed E-state index contributed by atoms with van der Waals surface area (Å²) in [5.41, 5.74) is 13.2. The molecule has 1 saturated heterocycles. The van der Waals surface area contributed by atoms with Crippen molar-refractivity contribution in [2.24, 2.45) is 11.5 Å². The van der Waals surface area contributed by atoms with Gasteiger partial charge in [0.25, 0.3) is 0 Å². The van der Waals surface area contributed by atoms with Gasteiger partial charge in [-0.2, -0.15) is 0 Å². The molecule has 0 spiro atoms. The highest BCUT2D eigenvalue weighted by Crippen LogP contribution is 2.23. The topological polar surface area (TPSA) is 119 Å². The van der Waals surface area contributed by atoms with Gasteiger partial charge in [-0.1, -0.05) is 78.9 Å². The smallest absolute Gasteiger partial charge is 0.246 e. The molecule has 1 heterocycles. The van der Waals surface area contributed by atoms with Gasteiger partial charge in [-0.15, -0.1) is 0 Å². The number of fused-ring (bicyclic) bond motifs is 1. The molecule has 1 fully saturated rings. The molecule has 1 aliphatic heterocycles. The molecule has 8 heteroatoms. The van der Waals surface area contributed by atoms with E-state index in [0.29, 0.717) is 12.5 Å². The van der Waals surface area contributed by atoms with E-state index in [1.54, 1.807) is 20.2 Å². The molecule has 1 aliphatic rings. The number of likely N-dealkylation sites (N-methyl/N-ethyl adjacent to an activating group) is 2. The highest BCUT2D eigenvalue weighted by atomic mass is 16.5. The molecule has 0 aromatic heterocycles. The lowest BCUT2D eigenvalue weighted by Crippen LogP contribution is -2.55. The van der Waals surface area contributed by atoms with E-state index in [1.807, 2.05) is 86.6 Å². The summed E-state index contributed by atoms with van der Waals surface area (Å²) >= 11 is 0. The van der Waals surface area contributed by atoms with Gasteiger partial charge in [0.1, 0.15) is 12.1 Å². The molecule has 3 amide bonds. The van der Waals surface area contributed by atoms with Crippen LogP contribution in [0.1, 0.15) is 51.2 Å². The van der Waals surface area contributed by atoms with Crippen LogP contribution >= 0.6 is 0 Å². The Morgan fingerprint density at radius 1 is 0.932 bits per heavy atom. The van der Waals surface area contributed by atoms with Gasteiger partial charge in [0.2, 0.25) is 17.7 Å². The van der Waals surface area contributed by atoms with E-state index in [0.717, 1.165) is 28.5 Å². The second-order valence-corrected chi connectivity index (χ2v) is 12.3. The standard InChI is InChI=1S/C31H38N4O3.C5H10O/c1-31(2,33)19-11-18-28(36)34(3)27(21-24-16-10-15-23-14-8-9-17-25(23)24)30(38)35(4)26(29(32)37)20-22-12-6-5-7-13-22;1-5-3-2-4-6-5/h5-18,26-27H,19-21,33H2,1-4H3,(H2,32,37);5H,2-4H2,1H3/b18-11+;/t26-,27-;/m1./s1. The number of nitrogens with zero attached hydrogens (tertiary/aromatic N) is 2. The molecular weight excluding hydrogens is 552 g/mol. The number of benzene rings is 3. The van der Waals surface area contributed by atoms with Crippen LogP contribution in [-0.4, -0.2) is 72.0 Å². The summed E-state index contributed by atoms with van der Waals surface area (Å²) < 4.78 is 5.15. The fraction of sp³-hybridized carbons (Fsp3) is 0.417. The Hall–Kier alpha value is -4.01. The van der Waals surface area contributed by atoms with Crippen molar-refractivity contribution in [3.63, 3.8) is 0 Å². The van der Waals surface area contributed by atoms with Crippen molar-refractivity contribution in [1.29, 1.82) is 0 Å². The second-order valence-electron chi connectivity index (χ2n) is 12.3. The lowest BCUT2D eigenvalue weighted by atomic mass is 9.96. The Morgan fingerprint density at radius 2 is 1.59 bits per heavy atom. The molecule has 1 unspecified atom stereocenters. The predicted molar refractivity (Wildman–Crippen MR) is 177 cm³/mol. The van der Waals surface area contributed by atoms with E-state index < -0.39 is 23.5 Å². The molecule has 3 atom stereocenters. The minimum Gasteiger partial charge on any atom is -0.379 e. The summed E-state index contributed by atoms with van der Waals surface area (Å²) in [6.07, 6.45) is 7.32. The van der Waals surface area contributed by atoms with Crippen molar-refractivity contribution in [3.8, 4) is 0 Å². The number of primary amides is 1. The maximum atomic E-state index is 14.0. The number of hydrogen-bond donors (Lipinski definition) is 2. The van der Waals surface area contributed by atoms with Gasteiger partial charge in [-0.3, -0.25) is 14.4 Å². The van der Waals surface area contributed by atoms with E-state index in [2.05, 4.69) is 6.92 Å². The lowest BCUT2D eigenvalue weighted by Gasteiger charge is -2.34. The Kier molecular flexibility index (Phi) is 12.7. The molecular formula is C36H48N4O4. The minimum absolute atomic E-state index is 0.278. The van der Waals surface area contributed by atoms with Crippen LogP contribution < -0.4 is 11.5 Å². The maximum Gasteiger partial charge on any atom is 0.246 e. The van der Waals surface area contributed by atoms with E-state index >= 15 is 0 Å². The molecule has 236 valence electrons. The molecule has 3 aromatic carbocycles. The molecule has 4 N–H and O–H groups in total. The van der Waals surface area contributed by atoms with Crippen molar-refractivity contribution < 1.29 is 19.1 Å². The summed E-state index contributed by atoms with van der Waals surface area (Å²) in [6, 6.07) is 21.5. The quantitative estimate of drug-likeness (QED) is 0.311. The van der Waals surface area contributed by atoms with Crippen molar-refractivity contribution in [2.75, 3.05) is 20.7 Å². The summed E-state index contributed by atoms with van der Waals surface area (Å²) in [5, 5.41) is 2.05. The number of ether oxygens (including phenoxy) is 1. The fourth-order valence-corrected chi connectivity index (χ4v) is 5.20. The minimum atomic E-state index is -0.864. The Labute approximate surface area is 262 Å². The van der Waals surface area contributed by atoms with Crippen molar-refractivity contribution in [1.82, 2.24) is 9.80 Å². The van der Waals surface area contributed by atoms with Gasteiger partial charge >= 0.3 is 0 Å². The summed E-state index contributed by atoms with van der Waals surface area (Å²) in [5.74, 6) is -1.28. The third kappa shape index (κ3) is 10.3. The number of nitrogens with two attached hydrogens (primary N) is 2. The number of carbonyl (C=O) groups excluding carboxylic acids is 3. The number of carbonyl (C=O) groups is 3. The van der Waals surface area contributed by atoms with Gasteiger partial charge in [0.05, 0.1) is 6.10 Å². The molecule has 0 saturated carbocycles. The molecule has 44 heavy (non-hydrogen) atoms. The van der Waals surface area contributed by atoms with Crippen molar-refractivity contribution in [2.45, 2.75) is 76.6 Å².